The van der Waals surface area contributed by atoms with Crippen molar-refractivity contribution < 1.29 is 10.0 Å². The number of nitro groups is 1. The van der Waals surface area contributed by atoms with E-state index < -0.39 is 11.0 Å². The molecule has 24 heavy (non-hydrogen) atoms. The van der Waals surface area contributed by atoms with Crippen molar-refractivity contribution in [1.82, 2.24) is 19.7 Å². The van der Waals surface area contributed by atoms with Crippen LogP contribution < -0.4 is 0 Å². The SMILES string of the molecule is CN(Cc1nnc(C2CC2)n1C)CC(O)c1cccc([N+](=O)[O-])c1. The molecule has 1 atom stereocenters. The summed E-state index contributed by atoms with van der Waals surface area (Å²) >= 11 is 0. The molecule has 3 rings (SSSR count). The van der Waals surface area contributed by atoms with Crippen molar-refractivity contribution in [2.45, 2.75) is 31.4 Å². The van der Waals surface area contributed by atoms with Crippen LogP contribution in [0.5, 0.6) is 0 Å². The predicted octanol–water partition coefficient (Wildman–Crippen LogP) is 1.77. The number of aliphatic hydroxyl groups excluding tert-OH is 1. The lowest BCUT2D eigenvalue weighted by atomic mass is 10.1. The first-order valence-electron chi connectivity index (χ1n) is 7.95. The molecule has 1 aromatic heterocycles. The summed E-state index contributed by atoms with van der Waals surface area (Å²) < 4.78 is 2.02. The number of nitro benzene ring substituents is 1. The van der Waals surface area contributed by atoms with Gasteiger partial charge in [-0.25, -0.2) is 0 Å². The highest BCUT2D eigenvalue weighted by molar-refractivity contribution is 5.35. The van der Waals surface area contributed by atoms with Crippen LogP contribution >= 0.6 is 0 Å². The van der Waals surface area contributed by atoms with Crippen molar-refractivity contribution in [2.24, 2.45) is 7.05 Å². The van der Waals surface area contributed by atoms with Crippen LogP contribution in [0.15, 0.2) is 24.3 Å². The molecule has 0 spiro atoms. The van der Waals surface area contributed by atoms with E-state index in [9.17, 15) is 15.2 Å². The minimum atomic E-state index is -0.800. The highest BCUT2D eigenvalue weighted by atomic mass is 16.6. The van der Waals surface area contributed by atoms with Crippen molar-refractivity contribution in [3.05, 3.63) is 51.6 Å². The fourth-order valence-corrected chi connectivity index (χ4v) is 2.76. The highest BCUT2D eigenvalue weighted by Gasteiger charge is 2.29. The minimum absolute atomic E-state index is 0.0171. The van der Waals surface area contributed by atoms with E-state index in [-0.39, 0.29) is 5.69 Å². The summed E-state index contributed by atoms with van der Waals surface area (Å²) in [6, 6.07) is 6.10. The molecule has 1 aliphatic carbocycles. The molecule has 1 unspecified atom stereocenters. The van der Waals surface area contributed by atoms with Gasteiger partial charge in [0.1, 0.15) is 11.6 Å². The summed E-state index contributed by atoms with van der Waals surface area (Å²) in [6.45, 7) is 0.912. The Bertz CT molecular complexity index is 741. The van der Waals surface area contributed by atoms with Gasteiger partial charge < -0.3 is 9.67 Å². The summed E-state index contributed by atoms with van der Waals surface area (Å²) in [5, 5.41) is 29.7. The van der Waals surface area contributed by atoms with E-state index in [4.69, 9.17) is 0 Å². The second-order valence-corrected chi connectivity index (χ2v) is 6.37. The van der Waals surface area contributed by atoms with E-state index in [1.54, 1.807) is 12.1 Å². The van der Waals surface area contributed by atoms with Gasteiger partial charge in [-0.3, -0.25) is 15.0 Å². The standard InChI is InChI=1S/C16H21N5O3/c1-19(10-15-17-18-16(20(15)2)11-6-7-11)9-14(22)12-4-3-5-13(8-12)21(23)24/h3-5,8,11,14,22H,6-7,9-10H2,1-2H3. The van der Waals surface area contributed by atoms with Gasteiger partial charge >= 0.3 is 0 Å². The summed E-state index contributed by atoms with van der Waals surface area (Å²) in [6.07, 6.45) is 1.55. The van der Waals surface area contributed by atoms with Gasteiger partial charge in [0.15, 0.2) is 0 Å². The molecule has 0 bridgehead atoms. The number of likely N-dealkylation sites (N-methyl/N-ethyl adjacent to an activating group) is 1. The molecule has 0 amide bonds. The maximum absolute atomic E-state index is 10.8. The number of aromatic nitrogens is 3. The number of aliphatic hydroxyl groups is 1. The van der Waals surface area contributed by atoms with Crippen LogP contribution in [0.3, 0.4) is 0 Å². The van der Waals surface area contributed by atoms with E-state index >= 15 is 0 Å². The van der Waals surface area contributed by atoms with Crippen LogP contribution in [-0.2, 0) is 13.6 Å². The Kier molecular flexibility index (Phi) is 4.59. The highest BCUT2D eigenvalue weighted by Crippen LogP contribution is 2.38. The van der Waals surface area contributed by atoms with Gasteiger partial charge in [-0.15, -0.1) is 10.2 Å². The van der Waals surface area contributed by atoms with Crippen molar-refractivity contribution in [3.63, 3.8) is 0 Å². The average Bonchev–Trinajstić information content (AvgIpc) is 3.33. The Morgan fingerprint density at radius 3 is 2.88 bits per heavy atom. The van der Waals surface area contributed by atoms with Crippen LogP contribution in [0.25, 0.3) is 0 Å². The summed E-state index contributed by atoms with van der Waals surface area (Å²) in [4.78, 5) is 12.3. The molecule has 8 nitrogen and oxygen atoms in total. The van der Waals surface area contributed by atoms with Gasteiger partial charge in [-0.2, -0.15) is 0 Å². The Hall–Kier alpha value is -2.32. The first kappa shape index (κ1) is 16.5. The maximum atomic E-state index is 10.8. The average molecular weight is 331 g/mol. The lowest BCUT2D eigenvalue weighted by Gasteiger charge is -2.20. The first-order valence-corrected chi connectivity index (χ1v) is 7.95. The second-order valence-electron chi connectivity index (χ2n) is 6.37. The molecule has 1 fully saturated rings. The molecule has 0 saturated heterocycles. The maximum Gasteiger partial charge on any atom is 0.269 e. The summed E-state index contributed by atoms with van der Waals surface area (Å²) in [5.74, 6) is 2.42. The Labute approximate surface area is 139 Å². The molecular weight excluding hydrogens is 310 g/mol. The van der Waals surface area contributed by atoms with Gasteiger partial charge in [0.05, 0.1) is 17.6 Å². The lowest BCUT2D eigenvalue weighted by Crippen LogP contribution is -2.25. The Morgan fingerprint density at radius 2 is 2.21 bits per heavy atom. The lowest BCUT2D eigenvalue weighted by molar-refractivity contribution is -0.385. The third-order valence-electron chi connectivity index (χ3n) is 4.30. The van der Waals surface area contributed by atoms with Crippen LogP contribution in [0.4, 0.5) is 5.69 Å². The molecule has 1 aliphatic rings. The van der Waals surface area contributed by atoms with Crippen molar-refractivity contribution in [1.29, 1.82) is 0 Å². The number of benzene rings is 1. The number of rotatable bonds is 7. The number of hydrogen-bond acceptors (Lipinski definition) is 6. The number of non-ortho nitro benzene ring substituents is 1. The van der Waals surface area contributed by atoms with Crippen LogP contribution in [-0.4, -0.2) is 43.3 Å². The van der Waals surface area contributed by atoms with Gasteiger partial charge in [-0.05, 0) is 25.5 Å². The summed E-state index contributed by atoms with van der Waals surface area (Å²) in [5.41, 5.74) is 0.518. The van der Waals surface area contributed by atoms with E-state index in [1.165, 1.54) is 25.0 Å². The van der Waals surface area contributed by atoms with E-state index in [0.29, 0.717) is 24.6 Å². The zero-order valence-electron chi connectivity index (χ0n) is 13.8. The molecule has 2 aromatic rings. The second kappa shape index (κ2) is 6.66. The van der Waals surface area contributed by atoms with E-state index in [2.05, 4.69) is 10.2 Å². The van der Waals surface area contributed by atoms with Gasteiger partial charge in [0.2, 0.25) is 0 Å². The first-order chi connectivity index (χ1) is 11.5. The third-order valence-corrected chi connectivity index (χ3v) is 4.30. The van der Waals surface area contributed by atoms with Crippen LogP contribution in [0, 0.1) is 10.1 Å². The summed E-state index contributed by atoms with van der Waals surface area (Å²) in [7, 11) is 3.85. The monoisotopic (exact) mass is 331 g/mol. The zero-order chi connectivity index (χ0) is 17.3. The molecule has 0 radical (unpaired) electrons. The fourth-order valence-electron chi connectivity index (χ4n) is 2.76. The molecule has 1 N–H and O–H groups in total. The van der Waals surface area contributed by atoms with Crippen molar-refractivity contribution >= 4 is 5.69 Å². The van der Waals surface area contributed by atoms with Gasteiger partial charge in [0.25, 0.3) is 5.69 Å². The van der Waals surface area contributed by atoms with E-state index in [1.807, 2.05) is 23.6 Å². The largest absolute Gasteiger partial charge is 0.387 e. The molecular formula is C16H21N5O3. The predicted molar refractivity (Wildman–Crippen MR) is 87.4 cm³/mol. The molecule has 0 aliphatic heterocycles. The van der Waals surface area contributed by atoms with Crippen molar-refractivity contribution in [2.75, 3.05) is 13.6 Å². The Morgan fingerprint density at radius 1 is 1.46 bits per heavy atom. The number of hydrogen-bond donors (Lipinski definition) is 1. The van der Waals surface area contributed by atoms with Crippen LogP contribution in [0.1, 0.15) is 42.1 Å². The van der Waals surface area contributed by atoms with E-state index in [0.717, 1.165) is 11.6 Å². The number of nitrogens with zero attached hydrogens (tertiary/aromatic N) is 5. The molecule has 1 saturated carbocycles. The normalized spacial score (nSPS) is 15.7. The Balaban J connectivity index is 1.62. The topological polar surface area (TPSA) is 97.3 Å². The quantitative estimate of drug-likeness (QED) is 0.613. The minimum Gasteiger partial charge on any atom is -0.387 e. The van der Waals surface area contributed by atoms with Crippen molar-refractivity contribution in [3.8, 4) is 0 Å². The van der Waals surface area contributed by atoms with Crippen LogP contribution in [0.2, 0.25) is 0 Å². The zero-order valence-corrected chi connectivity index (χ0v) is 13.8. The molecule has 1 aromatic carbocycles. The molecule has 8 heteroatoms. The smallest absolute Gasteiger partial charge is 0.269 e. The molecule has 1 heterocycles. The fraction of sp³-hybridized carbons (Fsp3) is 0.500. The molecule has 128 valence electrons. The third kappa shape index (κ3) is 3.60. The van der Waals surface area contributed by atoms with Gasteiger partial charge in [-0.1, -0.05) is 12.1 Å². The van der Waals surface area contributed by atoms with Gasteiger partial charge in [0, 0.05) is 31.6 Å².